The van der Waals surface area contributed by atoms with Crippen LogP contribution in [0.15, 0.2) is 117 Å². The molecule has 1 aromatic heterocycles. The van der Waals surface area contributed by atoms with Crippen LogP contribution in [-0.4, -0.2) is 0 Å². The van der Waals surface area contributed by atoms with Crippen molar-refractivity contribution in [3.8, 4) is 0 Å². The third-order valence-corrected chi connectivity index (χ3v) is 15.5. The van der Waals surface area contributed by atoms with E-state index >= 15 is 0 Å². The van der Waals surface area contributed by atoms with E-state index in [0.717, 1.165) is 28.7 Å². The van der Waals surface area contributed by atoms with Crippen LogP contribution in [0.2, 0.25) is 0 Å². The largest absolute Gasteiger partial charge is 0.454 e. The highest BCUT2D eigenvalue weighted by atomic mass is 32.2. The first-order valence-corrected chi connectivity index (χ1v) is 20.3. The maximum absolute atomic E-state index is 6.79. The summed E-state index contributed by atoms with van der Waals surface area (Å²) in [5, 5.41) is 2.35. The second-order valence-corrected chi connectivity index (χ2v) is 19.1. The standard InChI is InChI=1S/C48H47NOS/c1-46(2)20-21-47(3,4)39-27-33(16-18-37(39)46)49(41-13-9-11-36-35-10-5-7-14-42(35)50-45(36)41)34-17-19-44-40(28-34)48(38-12-6-8-15-43(38)51-44)31-23-29-22-30(25-31)26-32(48)24-29/h5-19,27-32H,20-26H2,1-4H3. The molecule has 0 saturated heterocycles. The van der Waals surface area contributed by atoms with Crippen molar-refractivity contribution in [3.63, 3.8) is 0 Å². The Morgan fingerprint density at radius 3 is 1.98 bits per heavy atom. The smallest absolute Gasteiger partial charge is 0.159 e. The summed E-state index contributed by atoms with van der Waals surface area (Å²) in [4.78, 5) is 5.48. The van der Waals surface area contributed by atoms with Crippen LogP contribution in [0.5, 0.6) is 0 Å². The van der Waals surface area contributed by atoms with E-state index in [1.54, 1.807) is 11.1 Å². The van der Waals surface area contributed by atoms with Crippen molar-refractivity contribution in [2.24, 2.45) is 23.7 Å². The molecule has 6 aromatic rings. The molecule has 12 rings (SSSR count). The van der Waals surface area contributed by atoms with Gasteiger partial charge in [-0.15, -0.1) is 0 Å². The molecule has 5 aromatic carbocycles. The second-order valence-electron chi connectivity index (χ2n) is 18.0. The van der Waals surface area contributed by atoms with E-state index in [9.17, 15) is 0 Å². The van der Waals surface area contributed by atoms with E-state index in [-0.39, 0.29) is 16.2 Å². The summed E-state index contributed by atoms with van der Waals surface area (Å²) in [6.07, 6.45) is 9.40. The average molecular weight is 686 g/mol. The van der Waals surface area contributed by atoms with Gasteiger partial charge in [-0.25, -0.2) is 0 Å². The molecule has 51 heavy (non-hydrogen) atoms. The predicted molar refractivity (Wildman–Crippen MR) is 212 cm³/mol. The highest BCUT2D eigenvalue weighted by Crippen LogP contribution is 2.69. The van der Waals surface area contributed by atoms with E-state index in [1.807, 2.05) is 11.8 Å². The molecule has 1 spiro atoms. The van der Waals surface area contributed by atoms with Crippen LogP contribution in [0.25, 0.3) is 21.9 Å². The van der Waals surface area contributed by atoms with Gasteiger partial charge in [-0.1, -0.05) is 94.1 Å². The number of nitrogens with zero attached hydrogens (tertiary/aromatic N) is 1. The molecule has 2 nitrogen and oxygen atoms in total. The third-order valence-electron chi connectivity index (χ3n) is 14.4. The van der Waals surface area contributed by atoms with Crippen LogP contribution in [0.1, 0.15) is 94.9 Å². The van der Waals surface area contributed by atoms with Crippen molar-refractivity contribution >= 4 is 50.8 Å². The molecular weight excluding hydrogens is 639 g/mol. The second kappa shape index (κ2) is 10.6. The van der Waals surface area contributed by atoms with Gasteiger partial charge >= 0.3 is 0 Å². The molecule has 6 aliphatic rings. The molecule has 4 saturated carbocycles. The minimum atomic E-state index is 0.0829. The maximum Gasteiger partial charge on any atom is 0.159 e. The Balaban J connectivity index is 1.17. The molecule has 0 radical (unpaired) electrons. The summed E-state index contributed by atoms with van der Waals surface area (Å²) in [7, 11) is 0. The van der Waals surface area contributed by atoms with Crippen LogP contribution in [-0.2, 0) is 16.2 Å². The lowest BCUT2D eigenvalue weighted by Crippen LogP contribution is -2.57. The summed E-state index contributed by atoms with van der Waals surface area (Å²) in [5.41, 5.74) is 12.0. The van der Waals surface area contributed by atoms with E-state index in [4.69, 9.17) is 4.42 Å². The molecule has 256 valence electrons. The monoisotopic (exact) mass is 685 g/mol. The molecule has 0 unspecified atom stereocenters. The Hall–Kier alpha value is -3.95. The van der Waals surface area contributed by atoms with E-state index < -0.39 is 0 Å². The van der Waals surface area contributed by atoms with Crippen LogP contribution in [0.4, 0.5) is 17.1 Å². The van der Waals surface area contributed by atoms with E-state index in [1.165, 1.54) is 88.0 Å². The zero-order chi connectivity index (χ0) is 34.3. The van der Waals surface area contributed by atoms with E-state index in [0.29, 0.717) is 11.8 Å². The first-order chi connectivity index (χ1) is 24.7. The van der Waals surface area contributed by atoms with Gasteiger partial charge in [0.15, 0.2) is 5.58 Å². The fourth-order valence-electron chi connectivity index (χ4n) is 12.1. The first kappa shape index (κ1) is 30.7. The first-order valence-electron chi connectivity index (χ1n) is 19.5. The van der Waals surface area contributed by atoms with Gasteiger partial charge in [-0.3, -0.25) is 0 Å². The fourth-order valence-corrected chi connectivity index (χ4v) is 13.3. The van der Waals surface area contributed by atoms with Gasteiger partial charge in [0.25, 0.3) is 0 Å². The zero-order valence-corrected chi connectivity index (χ0v) is 31.2. The highest BCUT2D eigenvalue weighted by molar-refractivity contribution is 7.99. The summed E-state index contributed by atoms with van der Waals surface area (Å²) in [5.74, 6) is 3.25. The molecule has 0 N–H and O–H groups in total. The number of rotatable bonds is 3. The van der Waals surface area contributed by atoms with Gasteiger partial charge in [0.05, 0.1) is 5.69 Å². The summed E-state index contributed by atoms with van der Waals surface area (Å²) < 4.78 is 6.79. The number of furan rings is 1. The van der Waals surface area contributed by atoms with Crippen molar-refractivity contribution < 1.29 is 4.42 Å². The minimum absolute atomic E-state index is 0.0829. The van der Waals surface area contributed by atoms with Crippen molar-refractivity contribution in [2.75, 3.05) is 4.90 Å². The summed E-state index contributed by atoms with van der Waals surface area (Å²) in [6, 6.07) is 39.6. The molecule has 0 amide bonds. The lowest BCUT2D eigenvalue weighted by molar-refractivity contribution is -0.0443. The van der Waals surface area contributed by atoms with Crippen LogP contribution < -0.4 is 4.90 Å². The fraction of sp³-hybridized carbons (Fsp3) is 0.375. The number of benzene rings is 5. The normalized spacial score (nSPS) is 27.8. The molecule has 0 atom stereocenters. The molecule has 3 heteroatoms. The number of fused-ring (bicyclic) bond motifs is 6. The van der Waals surface area contributed by atoms with Gasteiger partial charge in [0.1, 0.15) is 5.58 Å². The van der Waals surface area contributed by atoms with Crippen molar-refractivity contribution in [1.29, 1.82) is 0 Å². The van der Waals surface area contributed by atoms with Gasteiger partial charge in [0, 0.05) is 37.4 Å². The highest BCUT2D eigenvalue weighted by Gasteiger charge is 2.60. The lowest BCUT2D eigenvalue weighted by atomic mass is 9.42. The molecular formula is C48H47NOS. The quantitative estimate of drug-likeness (QED) is 0.184. The van der Waals surface area contributed by atoms with Gasteiger partial charge in [-0.2, -0.15) is 0 Å². The van der Waals surface area contributed by atoms with E-state index in [2.05, 4.69) is 136 Å². The Morgan fingerprint density at radius 1 is 0.569 bits per heavy atom. The zero-order valence-electron chi connectivity index (χ0n) is 30.3. The third kappa shape index (κ3) is 4.25. The average Bonchev–Trinajstić information content (AvgIpc) is 3.51. The van der Waals surface area contributed by atoms with Gasteiger partial charge in [0.2, 0.25) is 0 Å². The Kier molecular flexibility index (Phi) is 6.35. The number of hydrogen-bond donors (Lipinski definition) is 0. The minimum Gasteiger partial charge on any atom is -0.454 e. The number of para-hydroxylation sites is 2. The molecule has 5 aliphatic carbocycles. The molecule has 4 fully saturated rings. The Morgan fingerprint density at radius 2 is 1.20 bits per heavy atom. The summed E-state index contributed by atoms with van der Waals surface area (Å²) >= 11 is 2.00. The maximum atomic E-state index is 6.79. The number of anilines is 3. The van der Waals surface area contributed by atoms with Gasteiger partial charge in [-0.05, 0) is 150 Å². The molecule has 4 bridgehead atoms. The Bertz CT molecular complexity index is 2370. The van der Waals surface area contributed by atoms with Crippen LogP contribution in [0, 0.1) is 23.7 Å². The van der Waals surface area contributed by atoms with Crippen molar-refractivity contribution in [1.82, 2.24) is 0 Å². The van der Waals surface area contributed by atoms with Gasteiger partial charge < -0.3 is 9.32 Å². The van der Waals surface area contributed by atoms with Crippen molar-refractivity contribution in [2.45, 2.75) is 98.7 Å². The SMILES string of the molecule is CC1(C)CCC(C)(C)c2cc(N(c3ccc4c(c3)C3(c5ccccc5S4)C4CC5CC(C4)CC3C5)c3cccc4c3oc3ccccc34)ccc21. The summed E-state index contributed by atoms with van der Waals surface area (Å²) in [6.45, 7) is 9.74. The predicted octanol–water partition coefficient (Wildman–Crippen LogP) is 13.6. The molecule has 1 aliphatic heterocycles. The van der Waals surface area contributed by atoms with Crippen LogP contribution >= 0.6 is 11.8 Å². The lowest BCUT2D eigenvalue weighted by Gasteiger charge is -2.63. The Labute approximate surface area is 306 Å². The topological polar surface area (TPSA) is 16.4 Å². The van der Waals surface area contributed by atoms with Crippen molar-refractivity contribution in [3.05, 3.63) is 125 Å². The molecule has 2 heterocycles. The van der Waals surface area contributed by atoms with Crippen LogP contribution in [0.3, 0.4) is 0 Å². The number of hydrogen-bond acceptors (Lipinski definition) is 3.